The second kappa shape index (κ2) is 12.0. The van der Waals surface area contributed by atoms with Gasteiger partial charge in [-0.05, 0) is 38.2 Å². The molecule has 0 bridgehead atoms. The maximum Gasteiger partial charge on any atom is 0.326 e. The molecule has 1 aromatic rings. The molecule has 0 radical (unpaired) electrons. The van der Waals surface area contributed by atoms with E-state index in [0.717, 1.165) is 43.5 Å². The van der Waals surface area contributed by atoms with Gasteiger partial charge in [0.1, 0.15) is 6.61 Å². The van der Waals surface area contributed by atoms with Gasteiger partial charge in [0.05, 0.1) is 11.5 Å². The molecule has 1 aromatic carbocycles. The number of nitrogens with zero attached hydrogens (tertiary/aromatic N) is 2. The molecule has 4 amide bonds. The number of piperazine rings is 1. The van der Waals surface area contributed by atoms with Crippen molar-refractivity contribution in [3.05, 3.63) is 35.4 Å². The Morgan fingerprint density at radius 1 is 1.17 bits per heavy atom. The Kier molecular flexibility index (Phi) is 9.30. The van der Waals surface area contributed by atoms with E-state index >= 15 is 0 Å². The zero-order valence-corrected chi connectivity index (χ0v) is 21.9. The number of urea groups is 1. The van der Waals surface area contributed by atoms with Crippen LogP contribution in [0.3, 0.4) is 0 Å². The highest BCUT2D eigenvalue weighted by Gasteiger charge is 2.62. The Bertz CT molecular complexity index is 884. The van der Waals surface area contributed by atoms with Crippen LogP contribution in [0, 0.1) is 12.3 Å². The van der Waals surface area contributed by atoms with Gasteiger partial charge in [0, 0.05) is 25.7 Å². The van der Waals surface area contributed by atoms with Gasteiger partial charge in [-0.3, -0.25) is 9.59 Å². The summed E-state index contributed by atoms with van der Waals surface area (Å²) in [6.07, 6.45) is 2.85. The highest BCUT2D eigenvalue weighted by Crippen LogP contribution is 2.46. The third kappa shape index (κ3) is 5.54. The predicted molar refractivity (Wildman–Crippen MR) is 136 cm³/mol. The summed E-state index contributed by atoms with van der Waals surface area (Å²) >= 11 is 0. The average Bonchev–Trinajstić information content (AvgIpc) is 2.87. The summed E-state index contributed by atoms with van der Waals surface area (Å²) in [6.45, 7) is 12.0. The zero-order chi connectivity index (χ0) is 25.6. The molecule has 2 heterocycles. The molecule has 8 heteroatoms. The van der Waals surface area contributed by atoms with Crippen LogP contribution in [-0.2, 0) is 14.3 Å². The zero-order valence-electron chi connectivity index (χ0n) is 21.9. The van der Waals surface area contributed by atoms with E-state index in [1.165, 1.54) is 4.90 Å². The molecule has 194 valence electrons. The summed E-state index contributed by atoms with van der Waals surface area (Å²) in [5.41, 5.74) is 1.37. The second-order valence-corrected chi connectivity index (χ2v) is 9.76. The molecule has 2 N–H and O–H groups in total. The van der Waals surface area contributed by atoms with E-state index < -0.39 is 17.7 Å². The van der Waals surface area contributed by atoms with E-state index in [2.05, 4.69) is 24.5 Å². The van der Waals surface area contributed by atoms with Crippen molar-refractivity contribution < 1.29 is 19.1 Å². The normalized spacial score (nSPS) is 22.5. The van der Waals surface area contributed by atoms with Crippen LogP contribution >= 0.6 is 0 Å². The fourth-order valence-corrected chi connectivity index (χ4v) is 5.28. The smallest absolute Gasteiger partial charge is 0.326 e. The minimum absolute atomic E-state index is 0.0947. The molecule has 0 aromatic heterocycles. The van der Waals surface area contributed by atoms with Gasteiger partial charge in [-0.15, -0.1) is 0 Å². The Labute approximate surface area is 209 Å². The van der Waals surface area contributed by atoms with Gasteiger partial charge in [-0.25, -0.2) is 9.69 Å². The fourth-order valence-electron chi connectivity index (χ4n) is 5.28. The van der Waals surface area contributed by atoms with Crippen LogP contribution in [0.1, 0.15) is 77.0 Å². The van der Waals surface area contributed by atoms with Crippen LogP contribution in [0.15, 0.2) is 24.3 Å². The Balaban J connectivity index is 1.73. The molecular formula is C27H42N4O4. The molecule has 2 unspecified atom stereocenters. The Morgan fingerprint density at radius 3 is 2.46 bits per heavy atom. The third-order valence-corrected chi connectivity index (χ3v) is 7.69. The predicted octanol–water partition coefficient (Wildman–Crippen LogP) is 3.75. The number of ether oxygens (including phenoxy) is 1. The summed E-state index contributed by atoms with van der Waals surface area (Å²) in [7, 11) is 0. The first kappa shape index (κ1) is 27.1. The van der Waals surface area contributed by atoms with E-state index in [1.54, 1.807) is 0 Å². The lowest BCUT2D eigenvalue weighted by Gasteiger charge is -2.53. The molecule has 0 spiro atoms. The molecule has 2 saturated heterocycles. The molecule has 8 nitrogen and oxygen atoms in total. The molecule has 3 rings (SSSR count). The first-order chi connectivity index (χ1) is 16.8. The molecular weight excluding hydrogens is 444 g/mol. The quantitative estimate of drug-likeness (QED) is 0.492. The summed E-state index contributed by atoms with van der Waals surface area (Å²) in [6, 6.07) is 7.55. The first-order valence-corrected chi connectivity index (χ1v) is 13.1. The van der Waals surface area contributed by atoms with E-state index in [9.17, 15) is 14.4 Å². The average molecular weight is 487 g/mol. The van der Waals surface area contributed by atoms with Gasteiger partial charge < -0.3 is 20.3 Å². The van der Waals surface area contributed by atoms with Gasteiger partial charge in [0.25, 0.3) is 0 Å². The highest BCUT2D eigenvalue weighted by molar-refractivity contribution is 6.03. The van der Waals surface area contributed by atoms with Crippen molar-refractivity contribution in [2.24, 2.45) is 5.41 Å². The number of benzene rings is 1. The molecule has 2 fully saturated rings. The van der Waals surface area contributed by atoms with Crippen molar-refractivity contribution in [3.63, 3.8) is 0 Å². The van der Waals surface area contributed by atoms with Crippen molar-refractivity contribution in [2.45, 2.75) is 85.0 Å². The Morgan fingerprint density at radius 2 is 1.86 bits per heavy atom. The summed E-state index contributed by atoms with van der Waals surface area (Å²) in [4.78, 5) is 42.6. The molecule has 0 aliphatic carbocycles. The SMILES string of the molecule is CCC[C@@H](NC(=O)N1C(=O)C(CC)(CC)C1OCC(=O)N1CCNCC1CC)c1ccc(C)cc1. The van der Waals surface area contributed by atoms with E-state index in [1.807, 2.05) is 49.9 Å². The lowest BCUT2D eigenvalue weighted by molar-refractivity contribution is -0.212. The summed E-state index contributed by atoms with van der Waals surface area (Å²) in [5, 5.41) is 6.37. The maximum absolute atomic E-state index is 13.3. The molecule has 35 heavy (non-hydrogen) atoms. The van der Waals surface area contributed by atoms with Crippen molar-refractivity contribution in [3.8, 4) is 0 Å². The van der Waals surface area contributed by atoms with Crippen LogP contribution in [0.4, 0.5) is 4.79 Å². The largest absolute Gasteiger partial charge is 0.347 e. The number of imide groups is 1. The van der Waals surface area contributed by atoms with Gasteiger partial charge in [-0.1, -0.05) is 63.9 Å². The van der Waals surface area contributed by atoms with Gasteiger partial charge in [-0.2, -0.15) is 0 Å². The van der Waals surface area contributed by atoms with Gasteiger partial charge in [0.15, 0.2) is 6.23 Å². The third-order valence-electron chi connectivity index (χ3n) is 7.69. The number of nitrogens with one attached hydrogen (secondary N) is 2. The van der Waals surface area contributed by atoms with Crippen LogP contribution < -0.4 is 10.6 Å². The molecule has 3 atom stereocenters. The van der Waals surface area contributed by atoms with Crippen molar-refractivity contribution in [1.82, 2.24) is 20.4 Å². The van der Waals surface area contributed by atoms with Crippen LogP contribution in [0.2, 0.25) is 0 Å². The number of amides is 4. The van der Waals surface area contributed by atoms with E-state index in [0.29, 0.717) is 19.4 Å². The summed E-state index contributed by atoms with van der Waals surface area (Å²) < 4.78 is 6.08. The van der Waals surface area contributed by atoms with Gasteiger partial charge >= 0.3 is 6.03 Å². The van der Waals surface area contributed by atoms with Crippen molar-refractivity contribution in [2.75, 3.05) is 26.2 Å². The Hall–Kier alpha value is -2.45. The van der Waals surface area contributed by atoms with Gasteiger partial charge in [0.2, 0.25) is 11.8 Å². The minimum atomic E-state index is -0.782. The second-order valence-electron chi connectivity index (χ2n) is 9.76. The molecule has 0 saturated carbocycles. The monoisotopic (exact) mass is 486 g/mol. The standard InChI is InChI=1S/C27H42N4O4/c1-6-10-22(20-13-11-19(5)12-14-20)29-26(34)31-24(33)27(8-3,9-4)25(31)35-18-23(32)30-16-15-28-17-21(30)7-2/h11-14,21-22,25,28H,6-10,15-18H2,1-5H3,(H,29,34)/t21?,22-,25?/m1/s1. The van der Waals surface area contributed by atoms with E-state index in [4.69, 9.17) is 4.74 Å². The number of β-lactam (4-membered cyclic amide) rings is 1. The van der Waals surface area contributed by atoms with E-state index in [-0.39, 0.29) is 30.5 Å². The lowest BCUT2D eigenvalue weighted by Crippen LogP contribution is -2.73. The number of carbonyl (C=O) groups excluding carboxylic acids is 3. The molecule has 2 aliphatic rings. The number of rotatable bonds is 10. The topological polar surface area (TPSA) is 91.0 Å². The summed E-state index contributed by atoms with van der Waals surface area (Å²) in [5.74, 6) is -0.326. The van der Waals surface area contributed by atoms with Crippen molar-refractivity contribution in [1.29, 1.82) is 0 Å². The van der Waals surface area contributed by atoms with Crippen LogP contribution in [0.25, 0.3) is 0 Å². The minimum Gasteiger partial charge on any atom is -0.347 e. The lowest BCUT2D eigenvalue weighted by atomic mass is 9.72. The number of likely N-dealkylation sites (tertiary alicyclic amines) is 1. The number of carbonyl (C=O) groups is 3. The maximum atomic E-state index is 13.3. The number of aryl methyl sites for hydroxylation is 1. The highest BCUT2D eigenvalue weighted by atomic mass is 16.5. The fraction of sp³-hybridized carbons (Fsp3) is 0.667. The first-order valence-electron chi connectivity index (χ1n) is 13.1. The number of hydrogen-bond acceptors (Lipinski definition) is 5. The number of hydrogen-bond donors (Lipinski definition) is 2. The molecule has 2 aliphatic heterocycles. The van der Waals surface area contributed by atoms with Crippen LogP contribution in [0.5, 0.6) is 0 Å². The van der Waals surface area contributed by atoms with Crippen LogP contribution in [-0.4, -0.2) is 66.2 Å². The van der Waals surface area contributed by atoms with Crippen molar-refractivity contribution >= 4 is 17.8 Å².